The Morgan fingerprint density at radius 3 is 2.44 bits per heavy atom. The van der Waals surface area contributed by atoms with Gasteiger partial charge < -0.3 is 15.5 Å². The van der Waals surface area contributed by atoms with Crippen molar-refractivity contribution in [3.05, 3.63) is 23.7 Å². The average Bonchev–Trinajstić information content (AvgIpc) is 2.63. The summed E-state index contributed by atoms with van der Waals surface area (Å²) in [7, 11) is 0. The fraction of sp³-hybridized carbons (Fsp3) is 0.583. The summed E-state index contributed by atoms with van der Waals surface area (Å²) in [6.45, 7) is 7.60. The Morgan fingerprint density at radius 1 is 1.38 bits per heavy atom. The molecule has 0 aromatic carbocycles. The number of carbonyl (C=O) groups excluding carboxylic acids is 1. The van der Waals surface area contributed by atoms with E-state index in [4.69, 9.17) is 10.2 Å². The number of rotatable bonds is 4. The van der Waals surface area contributed by atoms with Crippen molar-refractivity contribution in [1.82, 2.24) is 5.32 Å². The minimum absolute atomic E-state index is 0.130. The van der Waals surface area contributed by atoms with E-state index in [1.165, 1.54) is 0 Å². The van der Waals surface area contributed by atoms with Gasteiger partial charge in [-0.15, -0.1) is 0 Å². The first-order valence-corrected chi connectivity index (χ1v) is 5.54. The molecule has 4 nitrogen and oxygen atoms in total. The van der Waals surface area contributed by atoms with Crippen LogP contribution in [0.15, 0.2) is 16.5 Å². The van der Waals surface area contributed by atoms with Gasteiger partial charge in [0.2, 0.25) is 5.91 Å². The van der Waals surface area contributed by atoms with E-state index in [0.717, 1.165) is 11.5 Å². The molecule has 0 aliphatic rings. The van der Waals surface area contributed by atoms with Gasteiger partial charge >= 0.3 is 0 Å². The van der Waals surface area contributed by atoms with Crippen LogP contribution in [-0.2, 0) is 4.79 Å². The van der Waals surface area contributed by atoms with Crippen molar-refractivity contribution in [3.8, 4) is 0 Å². The third-order valence-electron chi connectivity index (χ3n) is 2.57. The minimum Gasteiger partial charge on any atom is -0.464 e. The first-order valence-electron chi connectivity index (χ1n) is 5.54. The molecule has 2 unspecified atom stereocenters. The number of furan rings is 1. The minimum atomic E-state index is -0.474. The van der Waals surface area contributed by atoms with Crippen LogP contribution in [0.25, 0.3) is 0 Å². The Bertz CT molecular complexity index is 358. The fourth-order valence-corrected chi connectivity index (χ4v) is 1.37. The van der Waals surface area contributed by atoms with Crippen molar-refractivity contribution in [3.63, 3.8) is 0 Å². The van der Waals surface area contributed by atoms with Crippen LogP contribution < -0.4 is 11.1 Å². The molecule has 1 aromatic rings. The molecule has 0 saturated carbocycles. The molecule has 2 atom stereocenters. The van der Waals surface area contributed by atoms with Crippen molar-refractivity contribution in [2.45, 2.75) is 39.8 Å². The first kappa shape index (κ1) is 12.8. The van der Waals surface area contributed by atoms with Crippen LogP contribution in [0.4, 0.5) is 0 Å². The molecule has 90 valence electrons. The number of amides is 1. The lowest BCUT2D eigenvalue weighted by Gasteiger charge is -2.18. The zero-order valence-electron chi connectivity index (χ0n) is 10.3. The standard InChI is InChI=1S/C12H20N2O2/c1-7(2)11(13)12(15)14-9(4)10-6-5-8(3)16-10/h5-7,9,11H,13H2,1-4H3,(H,14,15). The topological polar surface area (TPSA) is 68.3 Å². The first-order chi connectivity index (χ1) is 7.41. The highest BCUT2D eigenvalue weighted by molar-refractivity contribution is 5.82. The van der Waals surface area contributed by atoms with Gasteiger partial charge in [0.1, 0.15) is 11.5 Å². The number of hydrogen-bond donors (Lipinski definition) is 2. The Balaban J connectivity index is 2.58. The van der Waals surface area contributed by atoms with E-state index in [1.54, 1.807) is 0 Å². The van der Waals surface area contributed by atoms with E-state index in [2.05, 4.69) is 5.32 Å². The van der Waals surface area contributed by atoms with Gasteiger partial charge in [0.05, 0.1) is 12.1 Å². The molecule has 0 aliphatic heterocycles. The van der Waals surface area contributed by atoms with Crippen LogP contribution in [0, 0.1) is 12.8 Å². The number of carbonyl (C=O) groups is 1. The Labute approximate surface area is 96.2 Å². The summed E-state index contributed by atoms with van der Waals surface area (Å²) in [6.07, 6.45) is 0. The number of nitrogens with two attached hydrogens (primary N) is 1. The van der Waals surface area contributed by atoms with Crippen molar-refractivity contribution in [1.29, 1.82) is 0 Å². The summed E-state index contributed by atoms with van der Waals surface area (Å²) < 4.78 is 5.43. The maximum Gasteiger partial charge on any atom is 0.237 e. The summed E-state index contributed by atoms with van der Waals surface area (Å²) in [5.41, 5.74) is 5.75. The van der Waals surface area contributed by atoms with Crippen molar-refractivity contribution in [2.24, 2.45) is 11.7 Å². The molecule has 1 rings (SSSR count). The quantitative estimate of drug-likeness (QED) is 0.818. The van der Waals surface area contributed by atoms with Gasteiger partial charge in [-0.3, -0.25) is 4.79 Å². The smallest absolute Gasteiger partial charge is 0.237 e. The second kappa shape index (κ2) is 5.16. The van der Waals surface area contributed by atoms with Gasteiger partial charge in [0.25, 0.3) is 0 Å². The van der Waals surface area contributed by atoms with E-state index in [1.807, 2.05) is 39.8 Å². The van der Waals surface area contributed by atoms with Gasteiger partial charge in [0.15, 0.2) is 0 Å². The molecular weight excluding hydrogens is 204 g/mol. The summed E-state index contributed by atoms with van der Waals surface area (Å²) in [5, 5.41) is 2.83. The molecule has 1 aromatic heterocycles. The zero-order chi connectivity index (χ0) is 12.3. The van der Waals surface area contributed by atoms with E-state index >= 15 is 0 Å². The molecule has 3 N–H and O–H groups in total. The van der Waals surface area contributed by atoms with Crippen LogP contribution in [-0.4, -0.2) is 11.9 Å². The van der Waals surface area contributed by atoms with Crippen LogP contribution in [0.2, 0.25) is 0 Å². The molecule has 4 heteroatoms. The van der Waals surface area contributed by atoms with Crippen LogP contribution in [0.1, 0.15) is 38.3 Å². The molecule has 1 amide bonds. The highest BCUT2D eigenvalue weighted by atomic mass is 16.3. The fourth-order valence-electron chi connectivity index (χ4n) is 1.37. The van der Waals surface area contributed by atoms with Crippen molar-refractivity contribution < 1.29 is 9.21 Å². The second-order valence-corrected chi connectivity index (χ2v) is 4.45. The molecule has 1 heterocycles. The van der Waals surface area contributed by atoms with Crippen molar-refractivity contribution in [2.75, 3.05) is 0 Å². The van der Waals surface area contributed by atoms with E-state index < -0.39 is 6.04 Å². The van der Waals surface area contributed by atoms with Crippen LogP contribution in [0.3, 0.4) is 0 Å². The molecule has 0 aliphatic carbocycles. The van der Waals surface area contributed by atoms with Gasteiger partial charge in [-0.1, -0.05) is 13.8 Å². The molecule has 0 spiro atoms. The lowest BCUT2D eigenvalue weighted by molar-refractivity contribution is -0.124. The monoisotopic (exact) mass is 224 g/mol. The number of nitrogens with one attached hydrogen (secondary N) is 1. The van der Waals surface area contributed by atoms with Crippen LogP contribution >= 0.6 is 0 Å². The van der Waals surface area contributed by atoms with E-state index in [0.29, 0.717) is 0 Å². The number of aryl methyl sites for hydroxylation is 1. The summed E-state index contributed by atoms with van der Waals surface area (Å²) in [6, 6.07) is 3.12. The maximum absolute atomic E-state index is 11.7. The average molecular weight is 224 g/mol. The predicted octanol–water partition coefficient (Wildman–Crippen LogP) is 1.75. The summed E-state index contributed by atoms with van der Waals surface area (Å²) in [4.78, 5) is 11.7. The zero-order valence-corrected chi connectivity index (χ0v) is 10.3. The largest absolute Gasteiger partial charge is 0.464 e. The highest BCUT2D eigenvalue weighted by Crippen LogP contribution is 2.15. The van der Waals surface area contributed by atoms with Gasteiger partial charge in [-0.05, 0) is 31.9 Å². The highest BCUT2D eigenvalue weighted by Gasteiger charge is 2.20. The normalized spacial score (nSPS) is 14.9. The molecule has 16 heavy (non-hydrogen) atoms. The predicted molar refractivity (Wildman–Crippen MR) is 62.8 cm³/mol. The maximum atomic E-state index is 11.7. The molecule has 0 bridgehead atoms. The lowest BCUT2D eigenvalue weighted by Crippen LogP contribution is -2.44. The third kappa shape index (κ3) is 3.10. The summed E-state index contributed by atoms with van der Waals surface area (Å²) >= 11 is 0. The van der Waals surface area contributed by atoms with Gasteiger partial charge in [-0.25, -0.2) is 0 Å². The molecule has 0 fully saturated rings. The van der Waals surface area contributed by atoms with E-state index in [-0.39, 0.29) is 17.9 Å². The van der Waals surface area contributed by atoms with Crippen LogP contribution in [0.5, 0.6) is 0 Å². The molecule has 0 radical (unpaired) electrons. The van der Waals surface area contributed by atoms with Gasteiger partial charge in [-0.2, -0.15) is 0 Å². The Hall–Kier alpha value is -1.29. The Kier molecular flexibility index (Phi) is 4.12. The number of hydrogen-bond acceptors (Lipinski definition) is 3. The summed E-state index contributed by atoms with van der Waals surface area (Å²) in [5.74, 6) is 1.58. The molecular formula is C12H20N2O2. The Morgan fingerprint density at radius 2 is 2.00 bits per heavy atom. The second-order valence-electron chi connectivity index (χ2n) is 4.45. The molecule has 0 saturated heterocycles. The van der Waals surface area contributed by atoms with Crippen molar-refractivity contribution >= 4 is 5.91 Å². The lowest BCUT2D eigenvalue weighted by atomic mass is 10.0. The van der Waals surface area contributed by atoms with Gasteiger partial charge in [0, 0.05) is 0 Å². The SMILES string of the molecule is Cc1ccc(C(C)NC(=O)C(N)C(C)C)o1. The third-order valence-corrected chi connectivity index (χ3v) is 2.57. The van der Waals surface area contributed by atoms with E-state index in [9.17, 15) is 4.79 Å².